The van der Waals surface area contributed by atoms with Crippen LogP contribution >= 0.6 is 0 Å². The molecule has 0 aliphatic rings. The molecule has 0 saturated heterocycles. The predicted octanol–water partition coefficient (Wildman–Crippen LogP) is 17.2. The van der Waals surface area contributed by atoms with E-state index in [9.17, 15) is 0 Å². The average molecular weight is 815 g/mol. The van der Waals surface area contributed by atoms with Crippen LogP contribution < -0.4 is 4.90 Å². The van der Waals surface area contributed by atoms with Gasteiger partial charge in [0.2, 0.25) is 0 Å². The van der Waals surface area contributed by atoms with E-state index in [1.165, 1.54) is 76.7 Å². The first kappa shape index (κ1) is 37.3. The van der Waals surface area contributed by atoms with Gasteiger partial charge in [0.05, 0.1) is 16.7 Å². The Balaban J connectivity index is 0.985. The number of anilines is 3. The molecular weight excluding hydrogens is 773 g/mol. The predicted molar refractivity (Wildman–Crippen MR) is 272 cm³/mol. The molecule has 2 nitrogen and oxygen atoms in total. The van der Waals surface area contributed by atoms with Crippen molar-refractivity contribution in [2.24, 2.45) is 0 Å². The van der Waals surface area contributed by atoms with Crippen LogP contribution in [0.2, 0.25) is 0 Å². The summed E-state index contributed by atoms with van der Waals surface area (Å²) < 4.78 is 2.44. The molecule has 300 valence electrons. The Morgan fingerprint density at radius 3 is 1.50 bits per heavy atom. The van der Waals surface area contributed by atoms with Crippen molar-refractivity contribution < 1.29 is 0 Å². The molecule has 0 aliphatic heterocycles. The van der Waals surface area contributed by atoms with Crippen molar-refractivity contribution in [3.05, 3.63) is 255 Å². The Morgan fingerprint density at radius 1 is 0.281 bits per heavy atom. The molecule has 1 aromatic heterocycles. The van der Waals surface area contributed by atoms with Crippen LogP contribution in [0.4, 0.5) is 17.1 Å². The van der Waals surface area contributed by atoms with Gasteiger partial charge in [-0.3, -0.25) is 0 Å². The zero-order chi connectivity index (χ0) is 42.4. The lowest BCUT2D eigenvalue weighted by molar-refractivity contribution is 1.19. The number of fused-ring (bicyclic) bond motifs is 6. The molecule has 12 rings (SSSR count). The maximum atomic E-state index is 2.44. The molecular formula is C62H42N2. The summed E-state index contributed by atoms with van der Waals surface area (Å²) in [7, 11) is 0. The second-order valence-corrected chi connectivity index (χ2v) is 16.5. The minimum absolute atomic E-state index is 1.09. The van der Waals surface area contributed by atoms with Gasteiger partial charge >= 0.3 is 0 Å². The lowest BCUT2D eigenvalue weighted by atomic mass is 9.94. The number of rotatable bonds is 8. The zero-order valence-corrected chi connectivity index (χ0v) is 35.1. The summed E-state index contributed by atoms with van der Waals surface area (Å²) in [5.41, 5.74) is 16.3. The Kier molecular flexibility index (Phi) is 9.20. The molecule has 12 aromatic rings. The van der Waals surface area contributed by atoms with E-state index < -0.39 is 0 Å². The standard InChI is InChI=1S/C62H42N2/c1-3-15-43(16-4-1)45-31-35-51(36-32-45)63(52-37-33-46(34-38-52)44-17-5-2-6-18-44)59-26-11-9-23-56(59)48-20-13-21-49(41-48)57-25-14-28-61-62(57)58-24-10-12-27-60(58)64(61)53-39-40-55-50(42-53)30-29-47-19-7-8-22-54(47)55/h1-42H. The smallest absolute Gasteiger partial charge is 0.0547 e. The molecule has 0 saturated carbocycles. The van der Waals surface area contributed by atoms with E-state index in [1.54, 1.807) is 0 Å². The molecule has 0 atom stereocenters. The van der Waals surface area contributed by atoms with Crippen molar-refractivity contribution in [1.82, 2.24) is 4.57 Å². The zero-order valence-electron chi connectivity index (χ0n) is 35.1. The molecule has 0 bridgehead atoms. The molecule has 64 heavy (non-hydrogen) atoms. The van der Waals surface area contributed by atoms with Crippen LogP contribution in [0.25, 0.3) is 93.5 Å². The number of hydrogen-bond acceptors (Lipinski definition) is 1. The van der Waals surface area contributed by atoms with Crippen LogP contribution in [0.15, 0.2) is 255 Å². The van der Waals surface area contributed by atoms with Crippen LogP contribution in [0.3, 0.4) is 0 Å². The van der Waals surface area contributed by atoms with E-state index in [2.05, 4.69) is 264 Å². The quantitative estimate of drug-likeness (QED) is 0.139. The van der Waals surface area contributed by atoms with Crippen LogP contribution in [-0.2, 0) is 0 Å². The number of para-hydroxylation sites is 2. The van der Waals surface area contributed by atoms with E-state index in [4.69, 9.17) is 0 Å². The molecule has 1 heterocycles. The normalized spacial score (nSPS) is 11.4. The largest absolute Gasteiger partial charge is 0.310 e. The monoisotopic (exact) mass is 814 g/mol. The van der Waals surface area contributed by atoms with Crippen LogP contribution in [0.1, 0.15) is 0 Å². The number of nitrogens with zero attached hydrogens (tertiary/aromatic N) is 2. The molecule has 11 aromatic carbocycles. The number of benzene rings is 11. The fourth-order valence-electron chi connectivity index (χ4n) is 9.74. The fourth-order valence-corrected chi connectivity index (χ4v) is 9.74. The molecule has 0 radical (unpaired) electrons. The third-order valence-electron chi connectivity index (χ3n) is 12.8. The van der Waals surface area contributed by atoms with E-state index in [1.807, 2.05) is 0 Å². The fraction of sp³-hybridized carbons (Fsp3) is 0. The molecule has 0 unspecified atom stereocenters. The van der Waals surface area contributed by atoms with Gasteiger partial charge in [0.1, 0.15) is 0 Å². The molecule has 0 N–H and O–H groups in total. The lowest BCUT2D eigenvalue weighted by Gasteiger charge is -2.28. The van der Waals surface area contributed by atoms with E-state index >= 15 is 0 Å². The van der Waals surface area contributed by atoms with Gasteiger partial charge in [-0.25, -0.2) is 0 Å². The lowest BCUT2D eigenvalue weighted by Crippen LogP contribution is -2.11. The third-order valence-corrected chi connectivity index (χ3v) is 12.8. The molecule has 0 fully saturated rings. The topological polar surface area (TPSA) is 8.17 Å². The van der Waals surface area contributed by atoms with Crippen molar-refractivity contribution >= 4 is 60.4 Å². The summed E-state index contributed by atoms with van der Waals surface area (Å²) in [5.74, 6) is 0. The maximum Gasteiger partial charge on any atom is 0.0547 e. The highest BCUT2D eigenvalue weighted by Gasteiger charge is 2.20. The van der Waals surface area contributed by atoms with Crippen molar-refractivity contribution in [3.63, 3.8) is 0 Å². The summed E-state index contributed by atoms with van der Waals surface area (Å²) >= 11 is 0. The first-order chi connectivity index (χ1) is 31.7. The van der Waals surface area contributed by atoms with Crippen molar-refractivity contribution in [1.29, 1.82) is 0 Å². The Bertz CT molecular complexity index is 3560. The molecule has 2 heteroatoms. The summed E-state index contributed by atoms with van der Waals surface area (Å²) in [6, 6.07) is 92.7. The summed E-state index contributed by atoms with van der Waals surface area (Å²) in [6.45, 7) is 0. The van der Waals surface area contributed by atoms with Gasteiger partial charge in [-0.2, -0.15) is 0 Å². The Labute approximate surface area is 373 Å². The number of aromatic nitrogens is 1. The maximum absolute atomic E-state index is 2.44. The van der Waals surface area contributed by atoms with E-state index in [-0.39, 0.29) is 0 Å². The Morgan fingerprint density at radius 2 is 0.781 bits per heavy atom. The van der Waals surface area contributed by atoms with Gasteiger partial charge in [0, 0.05) is 33.4 Å². The van der Waals surface area contributed by atoms with Crippen LogP contribution in [0.5, 0.6) is 0 Å². The van der Waals surface area contributed by atoms with E-state index in [0.29, 0.717) is 0 Å². The minimum Gasteiger partial charge on any atom is -0.310 e. The van der Waals surface area contributed by atoms with Crippen LogP contribution in [0, 0.1) is 0 Å². The first-order valence-corrected chi connectivity index (χ1v) is 22.0. The summed E-state index contributed by atoms with van der Waals surface area (Å²) in [5, 5.41) is 7.53. The van der Waals surface area contributed by atoms with Gasteiger partial charge in [-0.15, -0.1) is 0 Å². The summed E-state index contributed by atoms with van der Waals surface area (Å²) in [6.07, 6.45) is 0. The minimum atomic E-state index is 1.09. The van der Waals surface area contributed by atoms with Gasteiger partial charge in [-0.1, -0.05) is 194 Å². The van der Waals surface area contributed by atoms with Crippen molar-refractivity contribution in [2.45, 2.75) is 0 Å². The molecule has 0 spiro atoms. The highest BCUT2D eigenvalue weighted by molar-refractivity contribution is 6.16. The number of hydrogen-bond donors (Lipinski definition) is 0. The molecule has 0 amide bonds. The Hall–Kier alpha value is -8.46. The van der Waals surface area contributed by atoms with E-state index in [0.717, 1.165) is 33.9 Å². The third kappa shape index (κ3) is 6.52. The van der Waals surface area contributed by atoms with Crippen molar-refractivity contribution in [3.8, 4) is 50.2 Å². The second kappa shape index (κ2) is 15.8. The SMILES string of the molecule is c1ccc(-c2ccc(N(c3ccc(-c4ccccc4)cc3)c3ccccc3-c3cccc(-c4cccc5c4c4ccccc4n5-c4ccc5c(ccc6ccccc65)c4)c3)cc2)cc1. The molecule has 0 aliphatic carbocycles. The van der Waals surface area contributed by atoms with Gasteiger partial charge < -0.3 is 9.47 Å². The summed E-state index contributed by atoms with van der Waals surface area (Å²) in [4.78, 5) is 2.40. The van der Waals surface area contributed by atoms with Gasteiger partial charge in [0.15, 0.2) is 0 Å². The van der Waals surface area contributed by atoms with Crippen LogP contribution in [-0.4, -0.2) is 4.57 Å². The van der Waals surface area contributed by atoms with Crippen molar-refractivity contribution in [2.75, 3.05) is 4.90 Å². The second-order valence-electron chi connectivity index (χ2n) is 16.5. The average Bonchev–Trinajstić information content (AvgIpc) is 3.72. The van der Waals surface area contributed by atoms with Gasteiger partial charge in [0.25, 0.3) is 0 Å². The van der Waals surface area contributed by atoms with Gasteiger partial charge in [-0.05, 0) is 121 Å². The first-order valence-electron chi connectivity index (χ1n) is 22.0. The highest BCUT2D eigenvalue weighted by atomic mass is 15.1. The highest BCUT2D eigenvalue weighted by Crippen LogP contribution is 2.44.